The fourth-order valence-electron chi connectivity index (χ4n) is 3.08. The second-order valence-electron chi connectivity index (χ2n) is 5.42. The Morgan fingerprint density at radius 1 is 1.27 bits per heavy atom. The van der Waals surface area contributed by atoms with E-state index in [1.165, 1.54) is 6.33 Å². The summed E-state index contributed by atoms with van der Waals surface area (Å²) >= 11 is 0. The Balaban J connectivity index is 1.98. The largest absolute Gasteiger partial charge is 0.493 e. The van der Waals surface area contributed by atoms with Crippen molar-refractivity contribution in [3.63, 3.8) is 0 Å². The molecule has 1 saturated heterocycles. The number of methoxy groups -OCH3 is 2. The first-order chi connectivity index (χ1) is 10.8. The number of rotatable bonds is 5. The summed E-state index contributed by atoms with van der Waals surface area (Å²) < 4.78 is 10.7. The van der Waals surface area contributed by atoms with E-state index in [4.69, 9.17) is 9.47 Å². The second kappa shape index (κ2) is 6.74. The molecule has 1 aromatic carbocycles. The molecule has 7 heteroatoms. The zero-order valence-electron chi connectivity index (χ0n) is 12.9. The average Bonchev–Trinajstić information content (AvgIpc) is 3.10. The van der Waals surface area contributed by atoms with E-state index in [2.05, 4.69) is 20.7 Å². The minimum absolute atomic E-state index is 0.0371. The van der Waals surface area contributed by atoms with Crippen LogP contribution in [0.2, 0.25) is 0 Å². The van der Waals surface area contributed by atoms with Crippen molar-refractivity contribution in [1.82, 2.24) is 25.5 Å². The number of benzene rings is 1. The SMILES string of the molecule is COc1ccc([C@@H]([C@H]2CCCNC2)n2ncnn2)cc1OC. The molecule has 2 atom stereocenters. The van der Waals surface area contributed by atoms with E-state index < -0.39 is 0 Å². The van der Waals surface area contributed by atoms with Crippen molar-refractivity contribution in [2.24, 2.45) is 5.92 Å². The van der Waals surface area contributed by atoms with Gasteiger partial charge in [0.05, 0.1) is 14.2 Å². The highest BCUT2D eigenvalue weighted by Crippen LogP contribution is 2.35. The van der Waals surface area contributed by atoms with Gasteiger partial charge in [-0.2, -0.15) is 4.80 Å². The molecule has 1 aliphatic heterocycles. The van der Waals surface area contributed by atoms with Crippen molar-refractivity contribution in [3.8, 4) is 11.5 Å². The van der Waals surface area contributed by atoms with Gasteiger partial charge in [0, 0.05) is 6.54 Å². The minimum atomic E-state index is 0.0371. The molecule has 0 radical (unpaired) electrons. The Kier molecular flexibility index (Phi) is 4.53. The third-order valence-electron chi connectivity index (χ3n) is 4.14. The fourth-order valence-corrected chi connectivity index (χ4v) is 3.08. The van der Waals surface area contributed by atoms with Gasteiger partial charge in [-0.3, -0.25) is 0 Å². The van der Waals surface area contributed by atoms with Crippen molar-refractivity contribution in [3.05, 3.63) is 30.1 Å². The Bertz CT molecular complexity index is 596. The summed E-state index contributed by atoms with van der Waals surface area (Å²) in [6.07, 6.45) is 3.76. The van der Waals surface area contributed by atoms with E-state index in [0.29, 0.717) is 11.7 Å². The maximum absolute atomic E-state index is 5.43. The topological polar surface area (TPSA) is 74.1 Å². The van der Waals surface area contributed by atoms with Crippen molar-refractivity contribution < 1.29 is 9.47 Å². The highest BCUT2D eigenvalue weighted by atomic mass is 16.5. The predicted octanol–water partition coefficient (Wildman–Crippen LogP) is 1.28. The smallest absolute Gasteiger partial charge is 0.162 e. The van der Waals surface area contributed by atoms with Crippen LogP contribution in [0.4, 0.5) is 0 Å². The summed E-state index contributed by atoms with van der Waals surface area (Å²) in [7, 11) is 3.28. The first-order valence-electron chi connectivity index (χ1n) is 7.48. The molecule has 1 N–H and O–H groups in total. The fraction of sp³-hybridized carbons (Fsp3) is 0.533. The molecular weight excluding hydrogens is 282 g/mol. The van der Waals surface area contributed by atoms with Crippen molar-refractivity contribution in [2.45, 2.75) is 18.9 Å². The molecule has 3 rings (SSSR count). The molecule has 1 aromatic heterocycles. The zero-order valence-corrected chi connectivity index (χ0v) is 12.9. The first kappa shape index (κ1) is 14.8. The van der Waals surface area contributed by atoms with Gasteiger partial charge in [0.1, 0.15) is 6.04 Å². The number of nitrogens with one attached hydrogen (secondary N) is 1. The van der Waals surface area contributed by atoms with Gasteiger partial charge in [-0.15, -0.1) is 10.2 Å². The standard InChI is InChI=1S/C15H21N5O2/c1-21-13-6-5-11(8-14(13)22-2)15(20-18-10-17-19-20)12-4-3-7-16-9-12/h5-6,8,10,12,15-16H,3-4,7,9H2,1-2H3/t12-,15-/m0/s1. The Hall–Kier alpha value is -2.15. The normalized spacial score (nSPS) is 19.6. The van der Waals surface area contributed by atoms with Gasteiger partial charge in [-0.05, 0) is 48.2 Å². The van der Waals surface area contributed by atoms with E-state index in [1.54, 1.807) is 19.0 Å². The van der Waals surface area contributed by atoms with Gasteiger partial charge < -0.3 is 14.8 Å². The molecule has 1 aliphatic rings. The highest BCUT2D eigenvalue weighted by molar-refractivity contribution is 5.44. The van der Waals surface area contributed by atoms with Crippen LogP contribution in [-0.4, -0.2) is 47.5 Å². The lowest BCUT2D eigenvalue weighted by Crippen LogP contribution is -2.36. The third kappa shape index (κ3) is 2.89. The lowest BCUT2D eigenvalue weighted by Gasteiger charge is -2.30. The van der Waals surface area contributed by atoms with E-state index in [0.717, 1.165) is 37.2 Å². The summed E-state index contributed by atoms with van der Waals surface area (Å²) in [5.41, 5.74) is 1.10. The number of piperidine rings is 1. The van der Waals surface area contributed by atoms with Crippen LogP contribution in [0.5, 0.6) is 11.5 Å². The number of hydrogen-bond donors (Lipinski definition) is 1. The van der Waals surface area contributed by atoms with Crippen LogP contribution in [0.1, 0.15) is 24.4 Å². The van der Waals surface area contributed by atoms with E-state index in [-0.39, 0.29) is 6.04 Å². The molecule has 22 heavy (non-hydrogen) atoms. The molecular formula is C15H21N5O2. The summed E-state index contributed by atoms with van der Waals surface area (Å²) in [5.74, 6) is 1.85. The molecule has 2 heterocycles. The van der Waals surface area contributed by atoms with Crippen molar-refractivity contribution >= 4 is 0 Å². The highest BCUT2D eigenvalue weighted by Gasteiger charge is 2.29. The molecule has 1 fully saturated rings. The Labute approximate surface area is 129 Å². The van der Waals surface area contributed by atoms with Crippen LogP contribution >= 0.6 is 0 Å². The molecule has 118 valence electrons. The van der Waals surface area contributed by atoms with Gasteiger partial charge in [0.15, 0.2) is 17.8 Å². The second-order valence-corrected chi connectivity index (χ2v) is 5.42. The summed E-state index contributed by atoms with van der Waals surface area (Å²) in [6, 6.07) is 6.01. The number of nitrogens with zero attached hydrogens (tertiary/aromatic N) is 4. The third-order valence-corrected chi connectivity index (χ3v) is 4.14. The molecule has 0 bridgehead atoms. The maximum Gasteiger partial charge on any atom is 0.162 e. The summed E-state index contributed by atoms with van der Waals surface area (Å²) in [4.78, 5) is 1.69. The zero-order chi connectivity index (χ0) is 15.4. The van der Waals surface area contributed by atoms with Crippen molar-refractivity contribution in [2.75, 3.05) is 27.3 Å². The van der Waals surface area contributed by atoms with Crippen LogP contribution in [-0.2, 0) is 0 Å². The van der Waals surface area contributed by atoms with E-state index in [1.807, 2.05) is 18.2 Å². The van der Waals surface area contributed by atoms with Gasteiger partial charge >= 0.3 is 0 Å². The molecule has 0 saturated carbocycles. The molecule has 0 spiro atoms. The molecule has 0 amide bonds. The maximum atomic E-state index is 5.43. The quantitative estimate of drug-likeness (QED) is 0.897. The average molecular weight is 303 g/mol. The number of aromatic nitrogens is 4. The molecule has 7 nitrogen and oxygen atoms in total. The van der Waals surface area contributed by atoms with Gasteiger partial charge in [0.2, 0.25) is 0 Å². The van der Waals surface area contributed by atoms with Gasteiger partial charge in [-0.1, -0.05) is 6.07 Å². The number of ether oxygens (including phenoxy) is 2. The lowest BCUT2D eigenvalue weighted by molar-refractivity contribution is 0.260. The van der Waals surface area contributed by atoms with E-state index in [9.17, 15) is 0 Å². The minimum Gasteiger partial charge on any atom is -0.493 e. The summed E-state index contributed by atoms with van der Waals surface area (Å²) in [5, 5.41) is 15.7. The molecule has 0 unspecified atom stereocenters. The van der Waals surface area contributed by atoms with Crippen LogP contribution in [0.3, 0.4) is 0 Å². The molecule has 2 aromatic rings. The van der Waals surface area contributed by atoms with Crippen LogP contribution in [0.15, 0.2) is 24.5 Å². The Morgan fingerprint density at radius 2 is 2.14 bits per heavy atom. The van der Waals surface area contributed by atoms with Crippen LogP contribution in [0, 0.1) is 5.92 Å². The van der Waals surface area contributed by atoms with E-state index >= 15 is 0 Å². The summed E-state index contributed by atoms with van der Waals surface area (Å²) in [6.45, 7) is 2.01. The predicted molar refractivity (Wildman–Crippen MR) is 81.1 cm³/mol. The van der Waals surface area contributed by atoms with Crippen molar-refractivity contribution in [1.29, 1.82) is 0 Å². The van der Waals surface area contributed by atoms with Gasteiger partial charge in [-0.25, -0.2) is 0 Å². The lowest BCUT2D eigenvalue weighted by atomic mass is 9.87. The van der Waals surface area contributed by atoms with Crippen LogP contribution < -0.4 is 14.8 Å². The van der Waals surface area contributed by atoms with Gasteiger partial charge in [0.25, 0.3) is 0 Å². The first-order valence-corrected chi connectivity index (χ1v) is 7.48. The van der Waals surface area contributed by atoms with Crippen LogP contribution in [0.25, 0.3) is 0 Å². The number of tetrazole rings is 1. The molecule has 0 aliphatic carbocycles. The Morgan fingerprint density at radius 3 is 2.77 bits per heavy atom. The number of hydrogen-bond acceptors (Lipinski definition) is 6. The monoisotopic (exact) mass is 303 g/mol.